The van der Waals surface area contributed by atoms with E-state index in [1.165, 1.54) is 25.6 Å². The van der Waals surface area contributed by atoms with Gasteiger partial charge in [-0.3, -0.25) is 10.1 Å². The molecule has 2 aromatic carbocycles. The Morgan fingerprint density at radius 2 is 1.81 bits per heavy atom. The fraction of sp³-hybridized carbons (Fsp3) is 0.111. The number of carbonyl (C=O) groups is 1. The first-order valence-corrected chi connectivity index (χ1v) is 9.10. The Hall–Kier alpha value is -2.28. The molecule has 1 aromatic heterocycles. The van der Waals surface area contributed by atoms with Crippen LogP contribution in [0.25, 0.3) is 11.3 Å². The third-order valence-corrected chi connectivity index (χ3v) is 4.89. The minimum Gasteiger partial charge on any atom is -0.496 e. The molecule has 3 aromatic rings. The van der Waals surface area contributed by atoms with Crippen LogP contribution in [0, 0.1) is 0 Å². The lowest BCUT2D eigenvalue weighted by Crippen LogP contribution is -2.14. The standard InChI is InChI=1S/C18H14Cl2N2O3S/c1-24-14-4-3-5-15(25-2)16(14)17(23)22-18-21-13(9-26-18)11-7-6-10(19)8-12(11)20/h3-9H,1-2H3,(H,21,22,23). The van der Waals surface area contributed by atoms with Crippen LogP contribution in [0.15, 0.2) is 41.8 Å². The van der Waals surface area contributed by atoms with Crippen molar-refractivity contribution in [2.75, 3.05) is 19.5 Å². The number of nitrogens with zero attached hydrogens (tertiary/aromatic N) is 1. The van der Waals surface area contributed by atoms with Crippen LogP contribution < -0.4 is 14.8 Å². The lowest BCUT2D eigenvalue weighted by molar-refractivity contribution is 0.102. The second-order valence-electron chi connectivity index (χ2n) is 5.15. The average molecular weight is 409 g/mol. The van der Waals surface area contributed by atoms with Crippen molar-refractivity contribution in [2.24, 2.45) is 0 Å². The van der Waals surface area contributed by atoms with Gasteiger partial charge in [-0.25, -0.2) is 4.98 Å². The molecule has 5 nitrogen and oxygen atoms in total. The predicted octanol–water partition coefficient (Wildman–Crippen LogP) is 5.39. The van der Waals surface area contributed by atoms with E-state index in [1.807, 2.05) is 5.38 Å². The Balaban J connectivity index is 1.87. The lowest BCUT2D eigenvalue weighted by Gasteiger charge is -2.11. The van der Waals surface area contributed by atoms with Crippen LogP contribution in [-0.4, -0.2) is 25.1 Å². The zero-order valence-electron chi connectivity index (χ0n) is 13.9. The van der Waals surface area contributed by atoms with Crippen molar-refractivity contribution >= 4 is 45.6 Å². The summed E-state index contributed by atoms with van der Waals surface area (Å²) in [5.41, 5.74) is 1.69. The van der Waals surface area contributed by atoms with E-state index in [-0.39, 0.29) is 5.91 Å². The Bertz CT molecular complexity index is 937. The summed E-state index contributed by atoms with van der Waals surface area (Å²) in [7, 11) is 2.99. The van der Waals surface area contributed by atoms with Crippen LogP contribution in [0.4, 0.5) is 5.13 Å². The molecule has 134 valence electrons. The lowest BCUT2D eigenvalue weighted by atomic mass is 10.1. The molecule has 0 aliphatic carbocycles. The smallest absolute Gasteiger partial charge is 0.265 e. The number of methoxy groups -OCH3 is 2. The monoisotopic (exact) mass is 408 g/mol. The maximum Gasteiger partial charge on any atom is 0.265 e. The van der Waals surface area contributed by atoms with Crippen molar-refractivity contribution in [1.29, 1.82) is 0 Å². The number of amides is 1. The number of thiazole rings is 1. The average Bonchev–Trinajstić information content (AvgIpc) is 3.08. The summed E-state index contributed by atoms with van der Waals surface area (Å²) in [4.78, 5) is 17.1. The van der Waals surface area contributed by atoms with Gasteiger partial charge in [-0.1, -0.05) is 29.3 Å². The van der Waals surface area contributed by atoms with Crippen molar-refractivity contribution < 1.29 is 14.3 Å². The van der Waals surface area contributed by atoms with Gasteiger partial charge in [-0.05, 0) is 30.3 Å². The third kappa shape index (κ3) is 3.77. The molecule has 0 radical (unpaired) electrons. The SMILES string of the molecule is COc1cccc(OC)c1C(=O)Nc1nc(-c2ccc(Cl)cc2Cl)cs1. The number of hydrogen-bond acceptors (Lipinski definition) is 5. The normalized spacial score (nSPS) is 10.5. The van der Waals surface area contributed by atoms with Gasteiger partial charge >= 0.3 is 0 Å². The molecule has 0 saturated carbocycles. The summed E-state index contributed by atoms with van der Waals surface area (Å²) < 4.78 is 10.5. The van der Waals surface area contributed by atoms with Gasteiger partial charge in [0.2, 0.25) is 0 Å². The third-order valence-electron chi connectivity index (χ3n) is 3.59. The molecule has 1 heterocycles. The number of nitrogens with one attached hydrogen (secondary N) is 1. The van der Waals surface area contributed by atoms with E-state index < -0.39 is 0 Å². The maximum atomic E-state index is 12.7. The highest BCUT2D eigenvalue weighted by atomic mass is 35.5. The highest BCUT2D eigenvalue weighted by Crippen LogP contribution is 2.33. The molecular formula is C18H14Cl2N2O3S. The van der Waals surface area contributed by atoms with Gasteiger partial charge in [0.25, 0.3) is 5.91 Å². The van der Waals surface area contributed by atoms with E-state index in [9.17, 15) is 4.79 Å². The molecule has 0 unspecified atom stereocenters. The van der Waals surface area contributed by atoms with Crippen molar-refractivity contribution in [3.05, 3.63) is 57.4 Å². The summed E-state index contributed by atoms with van der Waals surface area (Å²) in [6.45, 7) is 0. The first-order chi connectivity index (χ1) is 12.5. The molecule has 0 spiro atoms. The summed E-state index contributed by atoms with van der Waals surface area (Å²) in [6, 6.07) is 10.3. The number of anilines is 1. The van der Waals surface area contributed by atoms with Crippen LogP contribution in [0.1, 0.15) is 10.4 Å². The second-order valence-corrected chi connectivity index (χ2v) is 6.86. The highest BCUT2D eigenvalue weighted by Gasteiger charge is 2.19. The number of aromatic nitrogens is 1. The Kier molecular flexibility index (Phi) is 5.66. The number of benzene rings is 2. The van der Waals surface area contributed by atoms with E-state index >= 15 is 0 Å². The van der Waals surface area contributed by atoms with Gasteiger partial charge in [0.1, 0.15) is 17.1 Å². The van der Waals surface area contributed by atoms with Crippen molar-refractivity contribution in [2.45, 2.75) is 0 Å². The molecular weight excluding hydrogens is 395 g/mol. The second kappa shape index (κ2) is 7.95. The largest absolute Gasteiger partial charge is 0.496 e. The van der Waals surface area contributed by atoms with E-state index in [1.54, 1.807) is 36.4 Å². The van der Waals surface area contributed by atoms with Gasteiger partial charge in [-0.15, -0.1) is 11.3 Å². The minimum absolute atomic E-state index is 0.304. The highest BCUT2D eigenvalue weighted by molar-refractivity contribution is 7.14. The van der Waals surface area contributed by atoms with E-state index in [4.69, 9.17) is 32.7 Å². The zero-order chi connectivity index (χ0) is 18.7. The number of ether oxygens (including phenoxy) is 2. The van der Waals surface area contributed by atoms with Crippen LogP contribution in [0.3, 0.4) is 0 Å². The maximum absolute atomic E-state index is 12.7. The molecule has 26 heavy (non-hydrogen) atoms. The van der Waals surface area contributed by atoms with Gasteiger partial charge in [0.15, 0.2) is 5.13 Å². The number of hydrogen-bond donors (Lipinski definition) is 1. The van der Waals surface area contributed by atoms with Crippen molar-refractivity contribution in [3.63, 3.8) is 0 Å². The Morgan fingerprint density at radius 1 is 1.12 bits per heavy atom. The molecule has 1 N–H and O–H groups in total. The zero-order valence-corrected chi connectivity index (χ0v) is 16.2. The molecule has 8 heteroatoms. The number of rotatable bonds is 5. The van der Waals surface area contributed by atoms with Gasteiger partial charge in [0.05, 0.1) is 24.9 Å². The van der Waals surface area contributed by atoms with E-state index in [0.717, 1.165) is 5.56 Å². The van der Waals surface area contributed by atoms with Crippen molar-refractivity contribution in [1.82, 2.24) is 4.98 Å². The Labute approximate surface area is 164 Å². The predicted molar refractivity (Wildman–Crippen MR) is 105 cm³/mol. The summed E-state index contributed by atoms with van der Waals surface area (Å²) in [6.07, 6.45) is 0. The fourth-order valence-corrected chi connectivity index (χ4v) is 3.60. The molecule has 0 aliphatic rings. The van der Waals surface area contributed by atoms with E-state index in [0.29, 0.717) is 37.9 Å². The minimum atomic E-state index is -0.373. The first-order valence-electron chi connectivity index (χ1n) is 7.46. The van der Waals surface area contributed by atoms with E-state index in [2.05, 4.69) is 10.3 Å². The van der Waals surface area contributed by atoms with Gasteiger partial charge in [0, 0.05) is 16.0 Å². The molecule has 0 saturated heterocycles. The molecule has 0 atom stereocenters. The van der Waals surface area contributed by atoms with Crippen LogP contribution in [0.5, 0.6) is 11.5 Å². The molecule has 3 rings (SSSR count). The topological polar surface area (TPSA) is 60.5 Å². The number of halogens is 2. The van der Waals surface area contributed by atoms with Crippen LogP contribution >= 0.6 is 34.5 Å². The molecule has 0 bridgehead atoms. The summed E-state index contributed by atoms with van der Waals surface area (Å²) >= 11 is 13.4. The first kappa shape index (κ1) is 18.5. The van der Waals surface area contributed by atoms with Crippen molar-refractivity contribution in [3.8, 4) is 22.8 Å². The molecule has 0 aliphatic heterocycles. The molecule has 0 fully saturated rings. The fourth-order valence-electron chi connectivity index (χ4n) is 2.39. The summed E-state index contributed by atoms with van der Waals surface area (Å²) in [5.74, 6) is 0.459. The van der Waals surface area contributed by atoms with Gasteiger partial charge in [-0.2, -0.15) is 0 Å². The number of carbonyl (C=O) groups excluding carboxylic acids is 1. The van der Waals surface area contributed by atoms with Crippen LogP contribution in [-0.2, 0) is 0 Å². The van der Waals surface area contributed by atoms with Gasteiger partial charge < -0.3 is 9.47 Å². The quantitative estimate of drug-likeness (QED) is 0.614. The molecule has 1 amide bonds. The summed E-state index contributed by atoms with van der Waals surface area (Å²) in [5, 5.41) is 6.05. The Morgan fingerprint density at radius 3 is 2.42 bits per heavy atom. The van der Waals surface area contributed by atoms with Crippen LogP contribution in [0.2, 0.25) is 10.0 Å².